The zero-order valence-electron chi connectivity index (χ0n) is 17.9. The van der Waals surface area contributed by atoms with Crippen LogP contribution in [0.3, 0.4) is 0 Å². The Balaban J connectivity index is 1.70. The number of aliphatic hydroxyl groups excluding tert-OH is 1. The monoisotopic (exact) mass is 414 g/mol. The van der Waals surface area contributed by atoms with Crippen molar-refractivity contribution >= 4 is 28.6 Å². The molecular weight excluding hydrogens is 384 g/mol. The third kappa shape index (κ3) is 5.35. The smallest absolute Gasteiger partial charge is 0.328 e. The van der Waals surface area contributed by atoms with Crippen LogP contribution in [0.4, 0.5) is 11.6 Å². The second-order valence-corrected chi connectivity index (χ2v) is 7.89. The van der Waals surface area contributed by atoms with Crippen molar-refractivity contribution in [1.82, 2.24) is 24.3 Å². The lowest BCUT2D eigenvalue weighted by Crippen LogP contribution is -2.22. The van der Waals surface area contributed by atoms with E-state index >= 15 is 0 Å². The minimum absolute atomic E-state index is 0.0393. The highest BCUT2D eigenvalue weighted by Crippen LogP contribution is 2.22. The van der Waals surface area contributed by atoms with Crippen LogP contribution in [0.15, 0.2) is 30.9 Å². The number of ether oxygens (including phenoxy) is 1. The summed E-state index contributed by atoms with van der Waals surface area (Å²) in [5.41, 5.74) is 1.56. The molecule has 0 saturated carbocycles. The first-order valence-electron chi connectivity index (χ1n) is 10.3. The molecule has 0 aliphatic heterocycles. The molecule has 2 N–H and O–H groups in total. The van der Waals surface area contributed by atoms with Gasteiger partial charge in [-0.05, 0) is 24.8 Å². The molecule has 9 heteroatoms. The van der Waals surface area contributed by atoms with Crippen LogP contribution >= 0.6 is 0 Å². The normalized spacial score (nSPS) is 13.5. The third-order valence-electron chi connectivity index (χ3n) is 5.17. The minimum Gasteiger partial charge on any atom is -0.459 e. The molecule has 0 saturated heterocycles. The van der Waals surface area contributed by atoms with Crippen molar-refractivity contribution in [1.29, 1.82) is 0 Å². The van der Waals surface area contributed by atoms with Crippen LogP contribution in [0.1, 0.15) is 34.1 Å². The molecule has 0 aliphatic rings. The molecule has 2 atom stereocenters. The maximum atomic E-state index is 11.8. The Kier molecular flexibility index (Phi) is 7.04. The molecular formula is C21H30N6O3. The molecule has 0 fully saturated rings. The molecule has 0 spiro atoms. The fraction of sp³-hybridized carbons (Fsp3) is 0.524. The molecule has 0 amide bonds. The van der Waals surface area contributed by atoms with Crippen LogP contribution in [0.2, 0.25) is 0 Å². The Morgan fingerprint density at radius 3 is 2.80 bits per heavy atom. The van der Waals surface area contributed by atoms with Crippen molar-refractivity contribution < 1.29 is 14.6 Å². The van der Waals surface area contributed by atoms with Gasteiger partial charge in [0.05, 0.1) is 18.5 Å². The second-order valence-electron chi connectivity index (χ2n) is 7.89. The number of aliphatic hydroxyl groups is 1. The summed E-state index contributed by atoms with van der Waals surface area (Å²) >= 11 is 0. The summed E-state index contributed by atoms with van der Waals surface area (Å²) in [7, 11) is 0. The van der Waals surface area contributed by atoms with Gasteiger partial charge in [-0.25, -0.2) is 4.98 Å². The van der Waals surface area contributed by atoms with Gasteiger partial charge in [0, 0.05) is 30.5 Å². The summed E-state index contributed by atoms with van der Waals surface area (Å²) in [4.78, 5) is 20.9. The minimum atomic E-state index is -0.537. The van der Waals surface area contributed by atoms with Gasteiger partial charge in [0.25, 0.3) is 0 Å². The molecule has 3 aromatic heterocycles. The largest absolute Gasteiger partial charge is 0.459 e. The maximum Gasteiger partial charge on any atom is 0.328 e. The standard InChI is InChI=1S/C21H30N6O3/c1-5-16(14(2)3)10-26-7-6-17-8-22-21(25-20(17)26)24-18-9-23-27(11-18)12-19(29)30-15(4)13-28/h6-9,11,14-16,28H,5,10,12-13H2,1-4H3,(H,22,24,25)/t15-,16?/m0/s1. The van der Waals surface area contributed by atoms with Gasteiger partial charge in [-0.3, -0.25) is 9.48 Å². The average molecular weight is 415 g/mol. The van der Waals surface area contributed by atoms with E-state index in [9.17, 15) is 4.79 Å². The number of rotatable bonds is 10. The number of carbonyl (C=O) groups excluding carboxylic acids is 1. The third-order valence-corrected chi connectivity index (χ3v) is 5.17. The molecule has 3 aromatic rings. The highest BCUT2D eigenvalue weighted by molar-refractivity contribution is 5.76. The van der Waals surface area contributed by atoms with Crippen molar-refractivity contribution in [3.8, 4) is 0 Å². The predicted octanol–water partition coefficient (Wildman–Crippen LogP) is 2.98. The lowest BCUT2D eigenvalue weighted by Gasteiger charge is -2.20. The van der Waals surface area contributed by atoms with E-state index in [1.165, 1.54) is 4.68 Å². The fourth-order valence-corrected chi connectivity index (χ4v) is 3.32. The van der Waals surface area contributed by atoms with Crippen LogP contribution in [0.25, 0.3) is 11.0 Å². The molecule has 3 heterocycles. The quantitative estimate of drug-likeness (QED) is 0.491. The van der Waals surface area contributed by atoms with E-state index in [2.05, 4.69) is 51.9 Å². The molecule has 3 rings (SSSR count). The second kappa shape index (κ2) is 9.71. The SMILES string of the molecule is CCC(Cn1ccc2cnc(Nc3cnn(CC(=O)O[C@@H](C)CO)c3)nc21)C(C)C. The Bertz CT molecular complexity index is 980. The molecule has 0 aliphatic carbocycles. The summed E-state index contributed by atoms with van der Waals surface area (Å²) in [5.74, 6) is 1.19. The lowest BCUT2D eigenvalue weighted by molar-refractivity contribution is -0.150. The van der Waals surface area contributed by atoms with Gasteiger partial charge in [-0.2, -0.15) is 10.1 Å². The summed E-state index contributed by atoms with van der Waals surface area (Å²) in [5, 5.41) is 17.2. The number of hydrogen-bond donors (Lipinski definition) is 2. The number of fused-ring (bicyclic) bond motifs is 1. The van der Waals surface area contributed by atoms with Gasteiger partial charge in [0.15, 0.2) is 0 Å². The molecule has 9 nitrogen and oxygen atoms in total. The highest BCUT2D eigenvalue weighted by atomic mass is 16.6. The van der Waals surface area contributed by atoms with Gasteiger partial charge < -0.3 is 19.7 Å². The molecule has 0 aromatic carbocycles. The summed E-state index contributed by atoms with van der Waals surface area (Å²) in [6, 6.07) is 2.03. The number of esters is 1. The zero-order valence-corrected chi connectivity index (χ0v) is 17.9. The van der Waals surface area contributed by atoms with Crippen molar-refractivity contribution in [3.63, 3.8) is 0 Å². The first kappa shape index (κ1) is 21.8. The summed E-state index contributed by atoms with van der Waals surface area (Å²) in [6.45, 7) is 9.01. The van der Waals surface area contributed by atoms with Crippen molar-refractivity contribution in [3.05, 3.63) is 30.9 Å². The van der Waals surface area contributed by atoms with Gasteiger partial charge >= 0.3 is 5.97 Å². The topological polar surface area (TPSA) is 107 Å². The first-order valence-corrected chi connectivity index (χ1v) is 10.3. The Labute approximate surface area is 176 Å². The zero-order chi connectivity index (χ0) is 21.7. The molecule has 30 heavy (non-hydrogen) atoms. The first-order chi connectivity index (χ1) is 14.4. The van der Waals surface area contributed by atoms with E-state index < -0.39 is 12.1 Å². The molecule has 162 valence electrons. The van der Waals surface area contributed by atoms with Crippen LogP contribution in [0, 0.1) is 11.8 Å². The lowest BCUT2D eigenvalue weighted by atomic mass is 9.93. The Morgan fingerprint density at radius 2 is 2.10 bits per heavy atom. The highest BCUT2D eigenvalue weighted by Gasteiger charge is 2.15. The van der Waals surface area contributed by atoms with Gasteiger partial charge in [0.1, 0.15) is 18.3 Å². The van der Waals surface area contributed by atoms with E-state index in [-0.39, 0.29) is 13.2 Å². The number of nitrogens with one attached hydrogen (secondary N) is 1. The molecule has 0 bridgehead atoms. The van der Waals surface area contributed by atoms with Crippen molar-refractivity contribution in [2.24, 2.45) is 11.8 Å². The number of hydrogen-bond acceptors (Lipinski definition) is 7. The van der Waals surface area contributed by atoms with E-state index in [1.54, 1.807) is 25.5 Å². The summed E-state index contributed by atoms with van der Waals surface area (Å²) < 4.78 is 8.68. The average Bonchev–Trinajstić information content (AvgIpc) is 3.32. The fourth-order valence-electron chi connectivity index (χ4n) is 3.32. The van der Waals surface area contributed by atoms with E-state index in [0.717, 1.165) is 24.0 Å². The number of nitrogens with zero attached hydrogens (tertiary/aromatic N) is 5. The van der Waals surface area contributed by atoms with Crippen molar-refractivity contribution in [2.75, 3.05) is 11.9 Å². The van der Waals surface area contributed by atoms with E-state index in [4.69, 9.17) is 9.84 Å². The van der Waals surface area contributed by atoms with E-state index in [0.29, 0.717) is 23.5 Å². The number of aromatic nitrogens is 5. The van der Waals surface area contributed by atoms with Gasteiger partial charge in [-0.15, -0.1) is 0 Å². The van der Waals surface area contributed by atoms with Crippen LogP contribution < -0.4 is 5.32 Å². The molecule has 0 radical (unpaired) electrons. The van der Waals surface area contributed by atoms with Crippen LogP contribution in [-0.2, 0) is 22.6 Å². The molecule has 1 unspecified atom stereocenters. The summed E-state index contributed by atoms with van der Waals surface area (Å²) in [6.07, 6.45) is 7.72. The maximum absolute atomic E-state index is 11.8. The van der Waals surface area contributed by atoms with E-state index in [1.807, 2.05) is 6.07 Å². The number of anilines is 2. The predicted molar refractivity (Wildman–Crippen MR) is 114 cm³/mol. The number of carbonyl (C=O) groups is 1. The van der Waals surface area contributed by atoms with Crippen LogP contribution in [0.5, 0.6) is 0 Å². The van der Waals surface area contributed by atoms with Gasteiger partial charge in [0.2, 0.25) is 5.95 Å². The Morgan fingerprint density at radius 1 is 1.30 bits per heavy atom. The van der Waals surface area contributed by atoms with Gasteiger partial charge in [-0.1, -0.05) is 27.2 Å². The Hall–Kier alpha value is -2.94. The van der Waals surface area contributed by atoms with Crippen LogP contribution in [-0.4, -0.2) is 48.1 Å². The van der Waals surface area contributed by atoms with Crippen molar-refractivity contribution in [2.45, 2.75) is 53.3 Å².